The van der Waals surface area contributed by atoms with Crippen molar-refractivity contribution in [3.63, 3.8) is 0 Å². The number of fused-ring (bicyclic) bond motifs is 3. The highest BCUT2D eigenvalue weighted by Gasteiger charge is 2.12. The van der Waals surface area contributed by atoms with Gasteiger partial charge in [-0.25, -0.2) is 0 Å². The number of hydrogen-bond donors (Lipinski definition) is 1. The summed E-state index contributed by atoms with van der Waals surface area (Å²) in [5.74, 6) is 0.0657. The van der Waals surface area contributed by atoms with Gasteiger partial charge >= 0.3 is 0 Å². The van der Waals surface area contributed by atoms with Gasteiger partial charge in [0.25, 0.3) is 0 Å². The molecule has 0 unspecified atom stereocenters. The Bertz CT molecular complexity index is 1230. The fraction of sp³-hybridized carbons (Fsp3) is 0. The molecule has 0 fully saturated rings. The summed E-state index contributed by atoms with van der Waals surface area (Å²) in [6.45, 7) is 0. The van der Waals surface area contributed by atoms with E-state index in [1.807, 2.05) is 24.3 Å². The lowest BCUT2D eigenvalue weighted by Gasteiger charge is -2.05. The molecule has 0 amide bonds. The topological polar surface area (TPSA) is 65.5 Å². The van der Waals surface area contributed by atoms with Crippen LogP contribution in [0, 0.1) is 11.3 Å². The third kappa shape index (κ3) is 1.96. The summed E-state index contributed by atoms with van der Waals surface area (Å²) in [5.41, 5.74) is 2.33. The van der Waals surface area contributed by atoms with Gasteiger partial charge < -0.3 is 9.51 Å². The van der Waals surface area contributed by atoms with Gasteiger partial charge in [-0.2, -0.15) is 5.26 Å². The minimum atomic E-state index is -0.0910. The van der Waals surface area contributed by atoms with Crippen LogP contribution in [-0.2, 0) is 0 Å². The summed E-state index contributed by atoms with van der Waals surface area (Å²) in [7, 11) is 0. The van der Waals surface area contributed by atoms with Gasteiger partial charge in [0.05, 0.1) is 21.9 Å². The lowest BCUT2D eigenvalue weighted by molar-refractivity contribution is 0.505. The van der Waals surface area contributed by atoms with Gasteiger partial charge in [0, 0.05) is 10.9 Å². The minimum Gasteiger partial charge on any atom is -0.505 e. The number of rotatable bonds is 1. The molecular weight excluding hydrogens is 300 g/mol. The molecule has 2 aromatic carbocycles. The highest BCUT2D eigenvalue weighted by atomic mass is 16.3. The fourth-order valence-electron chi connectivity index (χ4n) is 3.01. The Morgan fingerprint density at radius 3 is 2.50 bits per heavy atom. The Labute approximate surface area is 137 Å². The van der Waals surface area contributed by atoms with Gasteiger partial charge in [0.1, 0.15) is 11.8 Å². The van der Waals surface area contributed by atoms with Gasteiger partial charge in [0.2, 0.25) is 0 Å². The van der Waals surface area contributed by atoms with Crippen LogP contribution in [-0.4, -0.2) is 9.51 Å². The molecule has 114 valence electrons. The maximum atomic E-state index is 12.1. The molecule has 0 atom stereocenters. The molecular formula is C20H12N2O2. The van der Waals surface area contributed by atoms with Crippen LogP contribution in [0.2, 0.25) is 0 Å². The minimum absolute atomic E-state index is 0.0657. The molecule has 0 saturated carbocycles. The number of pyridine rings is 1. The molecule has 2 heterocycles. The average Bonchev–Trinajstić information content (AvgIpc) is 3.01. The van der Waals surface area contributed by atoms with Crippen LogP contribution in [0.3, 0.4) is 0 Å². The van der Waals surface area contributed by atoms with Crippen LogP contribution in [0.1, 0.15) is 11.1 Å². The number of nitriles is 1. The van der Waals surface area contributed by atoms with Crippen LogP contribution in [0.5, 0.6) is 0 Å². The Hall–Kier alpha value is -3.58. The predicted molar refractivity (Wildman–Crippen MR) is 92.7 cm³/mol. The molecule has 0 aliphatic heterocycles. The summed E-state index contributed by atoms with van der Waals surface area (Å²) >= 11 is 0. The molecule has 4 aromatic rings. The maximum absolute atomic E-state index is 12.1. The van der Waals surface area contributed by atoms with Gasteiger partial charge in [0.15, 0.2) is 5.43 Å². The number of hydrogen-bond acceptors (Lipinski definition) is 3. The van der Waals surface area contributed by atoms with Gasteiger partial charge in [-0.1, -0.05) is 36.4 Å². The molecule has 0 spiro atoms. The second-order valence-corrected chi connectivity index (χ2v) is 5.51. The molecule has 0 aliphatic carbocycles. The van der Waals surface area contributed by atoms with Crippen molar-refractivity contribution in [3.8, 4) is 6.07 Å². The predicted octanol–water partition coefficient (Wildman–Crippen LogP) is 2.76. The molecule has 4 rings (SSSR count). The van der Waals surface area contributed by atoms with Gasteiger partial charge in [-0.05, 0) is 30.3 Å². The van der Waals surface area contributed by atoms with E-state index >= 15 is 0 Å². The first-order chi connectivity index (χ1) is 11.7. The lowest BCUT2D eigenvalue weighted by atomic mass is 10.2. The van der Waals surface area contributed by atoms with Gasteiger partial charge in [-0.15, -0.1) is 0 Å². The SMILES string of the molecule is N#Cc1cc(=C(O)c2ccccc2)n2c1ccc1c(=O)cccc12. The summed E-state index contributed by atoms with van der Waals surface area (Å²) in [6.07, 6.45) is 0. The van der Waals surface area contributed by atoms with Crippen molar-refractivity contribution in [1.82, 2.24) is 4.40 Å². The first-order valence-electron chi connectivity index (χ1n) is 7.46. The van der Waals surface area contributed by atoms with E-state index < -0.39 is 0 Å². The van der Waals surface area contributed by atoms with Crippen LogP contribution in [0.25, 0.3) is 22.2 Å². The first-order valence-corrected chi connectivity index (χ1v) is 7.46. The van der Waals surface area contributed by atoms with Crippen LogP contribution in [0.15, 0.2) is 71.5 Å². The lowest BCUT2D eigenvalue weighted by Crippen LogP contribution is -2.15. The van der Waals surface area contributed by atoms with Crippen LogP contribution in [0.4, 0.5) is 0 Å². The Morgan fingerprint density at radius 1 is 0.958 bits per heavy atom. The van der Waals surface area contributed by atoms with Crippen LogP contribution >= 0.6 is 0 Å². The largest absolute Gasteiger partial charge is 0.505 e. The highest BCUT2D eigenvalue weighted by Crippen LogP contribution is 2.17. The number of aliphatic hydroxyl groups excluding tert-OH is 1. The molecule has 0 aliphatic rings. The van der Waals surface area contributed by atoms with Gasteiger partial charge in [-0.3, -0.25) is 4.79 Å². The fourth-order valence-corrected chi connectivity index (χ4v) is 3.01. The standard InChI is InChI=1S/C20H12N2O2/c21-12-14-11-18(20(24)13-5-2-1-3-6-13)22-16(14)10-9-15-17(22)7-4-8-19(15)23/h1-11,24H. The summed E-state index contributed by atoms with van der Waals surface area (Å²) < 4.78 is 1.76. The number of nitrogens with zero attached hydrogens (tertiary/aromatic N) is 2. The monoisotopic (exact) mass is 312 g/mol. The second-order valence-electron chi connectivity index (χ2n) is 5.51. The van der Waals surface area contributed by atoms with E-state index in [0.29, 0.717) is 32.9 Å². The maximum Gasteiger partial charge on any atom is 0.187 e. The molecule has 4 nitrogen and oxygen atoms in total. The normalized spacial score (nSPS) is 12.3. The average molecular weight is 312 g/mol. The van der Waals surface area contributed by atoms with Crippen molar-refractivity contribution in [1.29, 1.82) is 5.26 Å². The summed E-state index contributed by atoms with van der Waals surface area (Å²) in [5, 5.41) is 21.2. The van der Waals surface area contributed by atoms with E-state index in [-0.39, 0.29) is 11.2 Å². The van der Waals surface area contributed by atoms with E-state index in [1.54, 1.807) is 40.8 Å². The molecule has 24 heavy (non-hydrogen) atoms. The summed E-state index contributed by atoms with van der Waals surface area (Å²) in [6, 6.07) is 21.4. The number of aliphatic hydroxyl groups is 1. The van der Waals surface area contributed by atoms with E-state index in [0.717, 1.165) is 0 Å². The van der Waals surface area contributed by atoms with Crippen molar-refractivity contribution >= 4 is 22.2 Å². The zero-order valence-corrected chi connectivity index (χ0v) is 12.6. The number of benzene rings is 2. The molecule has 0 saturated heterocycles. The quantitative estimate of drug-likeness (QED) is 0.588. The van der Waals surface area contributed by atoms with E-state index in [4.69, 9.17) is 0 Å². The van der Waals surface area contributed by atoms with E-state index in [9.17, 15) is 15.2 Å². The van der Waals surface area contributed by atoms with E-state index in [1.165, 1.54) is 6.07 Å². The van der Waals surface area contributed by atoms with Crippen molar-refractivity contribution in [2.45, 2.75) is 0 Å². The first kappa shape index (κ1) is 14.0. The van der Waals surface area contributed by atoms with Crippen molar-refractivity contribution in [2.24, 2.45) is 0 Å². The molecule has 0 bridgehead atoms. The smallest absolute Gasteiger partial charge is 0.187 e. The zero-order valence-electron chi connectivity index (χ0n) is 12.6. The molecule has 4 heteroatoms. The number of aromatic nitrogens is 1. The Balaban J connectivity index is 2.28. The third-order valence-electron chi connectivity index (χ3n) is 4.14. The third-order valence-corrected chi connectivity index (χ3v) is 4.14. The Kier molecular flexibility index (Phi) is 3.07. The zero-order chi connectivity index (χ0) is 16.7. The van der Waals surface area contributed by atoms with Crippen molar-refractivity contribution in [3.05, 3.63) is 93.4 Å². The van der Waals surface area contributed by atoms with Crippen molar-refractivity contribution < 1.29 is 5.11 Å². The van der Waals surface area contributed by atoms with E-state index in [2.05, 4.69) is 6.07 Å². The van der Waals surface area contributed by atoms with Crippen molar-refractivity contribution in [2.75, 3.05) is 0 Å². The second kappa shape index (κ2) is 5.25. The molecule has 1 N–H and O–H groups in total. The Morgan fingerprint density at radius 2 is 1.75 bits per heavy atom. The molecule has 0 radical (unpaired) electrons. The van der Waals surface area contributed by atoms with Crippen LogP contribution < -0.4 is 10.8 Å². The summed E-state index contributed by atoms with van der Waals surface area (Å²) in [4.78, 5) is 12.1. The highest BCUT2D eigenvalue weighted by molar-refractivity contribution is 5.85. The molecule has 2 aromatic heterocycles.